The lowest BCUT2D eigenvalue weighted by Crippen LogP contribution is -2.34. The molecule has 7 nitrogen and oxygen atoms in total. The molecule has 0 bridgehead atoms. The molecule has 0 amide bonds. The van der Waals surface area contributed by atoms with Crippen LogP contribution in [0, 0.1) is 22.7 Å². The molecule has 1 aromatic rings. The van der Waals surface area contributed by atoms with E-state index in [9.17, 15) is 14.7 Å². The van der Waals surface area contributed by atoms with Crippen molar-refractivity contribution in [1.82, 2.24) is 0 Å². The van der Waals surface area contributed by atoms with E-state index in [4.69, 9.17) is 20.0 Å². The average molecular weight is 288 g/mol. The highest BCUT2D eigenvalue weighted by Crippen LogP contribution is 2.29. The second kappa shape index (κ2) is 6.92. The highest BCUT2D eigenvalue weighted by molar-refractivity contribution is 5.74. The standard InChI is InChI=1S/C14H12N2O5/c1-14(20-12(18)6-8-15,21-13(19)7-9-16)10-2-4-11(17)5-3-10/h2-5,17H,6-7H2,1H3. The maximum Gasteiger partial charge on any atom is 0.323 e. The predicted octanol–water partition coefficient (Wildman–Crippen LogP) is 1.48. The Morgan fingerprint density at radius 3 is 1.90 bits per heavy atom. The molecular formula is C14H12N2O5. The maximum absolute atomic E-state index is 11.5. The Labute approximate surface area is 120 Å². The van der Waals surface area contributed by atoms with Crippen LogP contribution >= 0.6 is 0 Å². The van der Waals surface area contributed by atoms with Crippen molar-refractivity contribution in [2.24, 2.45) is 0 Å². The topological polar surface area (TPSA) is 120 Å². The van der Waals surface area contributed by atoms with E-state index >= 15 is 0 Å². The number of phenols is 1. The van der Waals surface area contributed by atoms with Gasteiger partial charge in [-0.3, -0.25) is 9.59 Å². The van der Waals surface area contributed by atoms with Gasteiger partial charge in [-0.25, -0.2) is 0 Å². The number of benzene rings is 1. The van der Waals surface area contributed by atoms with Gasteiger partial charge in [-0.15, -0.1) is 0 Å². The molecule has 1 aromatic carbocycles. The van der Waals surface area contributed by atoms with E-state index in [1.165, 1.54) is 31.2 Å². The molecule has 108 valence electrons. The van der Waals surface area contributed by atoms with Gasteiger partial charge in [0.25, 0.3) is 5.79 Å². The Balaban J connectivity index is 3.06. The zero-order valence-corrected chi connectivity index (χ0v) is 11.2. The number of hydrogen-bond acceptors (Lipinski definition) is 7. The van der Waals surface area contributed by atoms with Crippen molar-refractivity contribution in [3.63, 3.8) is 0 Å². The Kier molecular flexibility index (Phi) is 5.27. The van der Waals surface area contributed by atoms with E-state index in [-0.39, 0.29) is 11.3 Å². The summed E-state index contributed by atoms with van der Waals surface area (Å²) in [5.74, 6) is -3.56. The van der Waals surface area contributed by atoms with Crippen LogP contribution in [0.5, 0.6) is 5.75 Å². The number of esters is 2. The van der Waals surface area contributed by atoms with Crippen LogP contribution < -0.4 is 0 Å². The Morgan fingerprint density at radius 2 is 1.52 bits per heavy atom. The summed E-state index contributed by atoms with van der Waals surface area (Å²) in [6.07, 6.45) is -1.02. The fraction of sp³-hybridized carbons (Fsp3) is 0.286. The van der Waals surface area contributed by atoms with E-state index < -0.39 is 30.6 Å². The molecule has 0 saturated carbocycles. The molecule has 1 rings (SSSR count). The van der Waals surface area contributed by atoms with E-state index in [1.54, 1.807) is 12.1 Å². The Morgan fingerprint density at radius 1 is 1.10 bits per heavy atom. The molecular weight excluding hydrogens is 276 g/mol. The monoisotopic (exact) mass is 288 g/mol. The van der Waals surface area contributed by atoms with Gasteiger partial charge in [-0.1, -0.05) is 0 Å². The quantitative estimate of drug-likeness (QED) is 0.643. The number of ether oxygens (including phenoxy) is 2. The molecule has 0 radical (unpaired) electrons. The number of nitrogens with zero attached hydrogens (tertiary/aromatic N) is 2. The number of hydrogen-bond donors (Lipinski definition) is 1. The minimum atomic E-state index is -1.78. The number of aromatic hydroxyl groups is 1. The molecule has 0 aliphatic carbocycles. The Bertz CT molecular complexity index is 580. The van der Waals surface area contributed by atoms with Gasteiger partial charge in [-0.2, -0.15) is 10.5 Å². The summed E-state index contributed by atoms with van der Waals surface area (Å²) in [5, 5.41) is 26.2. The first-order valence-electron chi connectivity index (χ1n) is 5.88. The largest absolute Gasteiger partial charge is 0.508 e. The molecule has 1 N–H and O–H groups in total. The van der Waals surface area contributed by atoms with Crippen LogP contribution in [0.25, 0.3) is 0 Å². The van der Waals surface area contributed by atoms with Gasteiger partial charge in [0.05, 0.1) is 12.1 Å². The molecule has 0 saturated heterocycles. The van der Waals surface area contributed by atoms with Crippen molar-refractivity contribution in [2.75, 3.05) is 0 Å². The Hall–Kier alpha value is -3.06. The first-order chi connectivity index (χ1) is 9.91. The van der Waals surface area contributed by atoms with Crippen molar-refractivity contribution >= 4 is 11.9 Å². The number of rotatable bonds is 5. The molecule has 7 heteroatoms. The summed E-state index contributed by atoms with van der Waals surface area (Å²) in [7, 11) is 0. The molecule has 0 aromatic heterocycles. The van der Waals surface area contributed by atoms with Crippen LogP contribution in [0.3, 0.4) is 0 Å². The van der Waals surface area contributed by atoms with Crippen molar-refractivity contribution in [3.8, 4) is 17.9 Å². The van der Waals surface area contributed by atoms with E-state index in [0.29, 0.717) is 0 Å². The predicted molar refractivity (Wildman–Crippen MR) is 68.1 cm³/mol. The van der Waals surface area contributed by atoms with Crippen LogP contribution in [-0.4, -0.2) is 17.0 Å². The minimum absolute atomic E-state index is 0.0206. The first kappa shape index (κ1) is 16.0. The van der Waals surface area contributed by atoms with Crippen LogP contribution in [0.4, 0.5) is 0 Å². The number of carbonyl (C=O) groups excluding carboxylic acids is 2. The zero-order chi connectivity index (χ0) is 15.9. The molecule has 0 spiro atoms. The van der Waals surface area contributed by atoms with Gasteiger partial charge in [-0.05, 0) is 24.3 Å². The van der Waals surface area contributed by atoms with Crippen molar-refractivity contribution in [2.45, 2.75) is 25.6 Å². The van der Waals surface area contributed by atoms with Crippen LogP contribution in [0.1, 0.15) is 25.3 Å². The summed E-state index contributed by atoms with van der Waals surface area (Å²) in [4.78, 5) is 23.0. The van der Waals surface area contributed by atoms with Gasteiger partial charge in [0.15, 0.2) is 0 Å². The smallest absolute Gasteiger partial charge is 0.323 e. The highest BCUT2D eigenvalue weighted by atomic mass is 16.7. The summed E-state index contributed by atoms with van der Waals surface area (Å²) >= 11 is 0. The van der Waals surface area contributed by atoms with E-state index in [0.717, 1.165) is 0 Å². The lowest BCUT2D eigenvalue weighted by atomic mass is 10.1. The second-order valence-corrected chi connectivity index (χ2v) is 4.11. The number of nitriles is 2. The molecule has 21 heavy (non-hydrogen) atoms. The minimum Gasteiger partial charge on any atom is -0.508 e. The van der Waals surface area contributed by atoms with Crippen molar-refractivity contribution in [3.05, 3.63) is 29.8 Å². The van der Waals surface area contributed by atoms with E-state index in [2.05, 4.69) is 0 Å². The highest BCUT2D eigenvalue weighted by Gasteiger charge is 2.35. The maximum atomic E-state index is 11.5. The third-order valence-corrected chi connectivity index (χ3v) is 2.46. The first-order valence-corrected chi connectivity index (χ1v) is 5.88. The third-order valence-electron chi connectivity index (χ3n) is 2.46. The van der Waals surface area contributed by atoms with Crippen LogP contribution in [0.2, 0.25) is 0 Å². The lowest BCUT2D eigenvalue weighted by Gasteiger charge is -2.29. The van der Waals surface area contributed by atoms with Crippen LogP contribution in [0.15, 0.2) is 24.3 Å². The SMILES string of the molecule is CC(OC(=O)CC#N)(OC(=O)CC#N)c1ccc(O)cc1. The third kappa shape index (κ3) is 4.51. The molecule has 0 aliphatic heterocycles. The van der Waals surface area contributed by atoms with Gasteiger partial charge >= 0.3 is 11.9 Å². The van der Waals surface area contributed by atoms with Crippen LogP contribution in [-0.2, 0) is 24.8 Å². The fourth-order valence-electron chi connectivity index (χ4n) is 1.54. The molecule has 0 atom stereocenters. The van der Waals surface area contributed by atoms with Gasteiger partial charge in [0.2, 0.25) is 0 Å². The van der Waals surface area contributed by atoms with Gasteiger partial charge < -0.3 is 14.6 Å². The fourth-order valence-corrected chi connectivity index (χ4v) is 1.54. The molecule has 0 fully saturated rings. The number of phenolic OH excluding ortho intramolecular Hbond substituents is 1. The van der Waals surface area contributed by atoms with Gasteiger partial charge in [0, 0.05) is 12.5 Å². The summed E-state index contributed by atoms with van der Waals surface area (Å²) in [5.41, 5.74) is 0.276. The van der Waals surface area contributed by atoms with Crippen molar-refractivity contribution < 1.29 is 24.2 Å². The van der Waals surface area contributed by atoms with Crippen molar-refractivity contribution in [1.29, 1.82) is 10.5 Å². The van der Waals surface area contributed by atoms with Gasteiger partial charge in [0.1, 0.15) is 18.6 Å². The summed E-state index contributed by atoms with van der Waals surface area (Å²) < 4.78 is 10.1. The molecule has 0 aliphatic rings. The number of carbonyl (C=O) groups is 2. The normalized spacial score (nSPS) is 10.0. The summed E-state index contributed by atoms with van der Waals surface area (Å²) in [6, 6.07) is 8.68. The second-order valence-electron chi connectivity index (χ2n) is 4.11. The van der Waals surface area contributed by atoms with E-state index in [1.807, 2.05) is 0 Å². The molecule has 0 unspecified atom stereocenters. The summed E-state index contributed by atoms with van der Waals surface area (Å²) in [6.45, 7) is 1.31. The zero-order valence-electron chi connectivity index (χ0n) is 11.2. The lowest BCUT2D eigenvalue weighted by molar-refractivity contribution is -0.226. The molecule has 0 heterocycles. The average Bonchev–Trinajstić information content (AvgIpc) is 2.39.